The van der Waals surface area contributed by atoms with Crippen LogP contribution in [0.2, 0.25) is 0 Å². The van der Waals surface area contributed by atoms with E-state index in [0.717, 1.165) is 47.9 Å². The second-order valence-corrected chi connectivity index (χ2v) is 17.5. The van der Waals surface area contributed by atoms with E-state index in [1.165, 1.54) is 66.5 Å². The van der Waals surface area contributed by atoms with E-state index < -0.39 is 11.9 Å². The van der Waals surface area contributed by atoms with Crippen molar-refractivity contribution in [2.45, 2.75) is 110 Å². The Hall–Kier alpha value is -6.45. The van der Waals surface area contributed by atoms with Crippen molar-refractivity contribution in [1.29, 1.82) is 0 Å². The van der Waals surface area contributed by atoms with Crippen LogP contribution >= 0.6 is 0 Å². The molecule has 1 aliphatic carbocycles. The van der Waals surface area contributed by atoms with Crippen LogP contribution in [0.4, 0.5) is 5.69 Å². The molecule has 62 heavy (non-hydrogen) atoms. The van der Waals surface area contributed by atoms with Crippen molar-refractivity contribution in [3.63, 3.8) is 0 Å². The van der Waals surface area contributed by atoms with Gasteiger partial charge in [-0.25, -0.2) is 9.59 Å². The van der Waals surface area contributed by atoms with Crippen LogP contribution < -0.4 is 5.32 Å². The maximum atomic E-state index is 13.5. The number of hydrogen-bond donors (Lipinski definition) is 3. The Morgan fingerprint density at radius 3 is 1.90 bits per heavy atom. The Morgan fingerprint density at radius 1 is 0.677 bits per heavy atom. The Kier molecular flexibility index (Phi) is 16.5. The highest BCUT2D eigenvalue weighted by Crippen LogP contribution is 2.46. The molecule has 0 unspecified atom stereocenters. The molecule has 6 nitrogen and oxygen atoms in total. The molecule has 6 heteroatoms. The molecule has 0 aliphatic heterocycles. The van der Waals surface area contributed by atoms with Crippen LogP contribution in [-0.2, 0) is 15.6 Å². The highest BCUT2D eigenvalue weighted by Gasteiger charge is 2.37. The van der Waals surface area contributed by atoms with Crippen molar-refractivity contribution in [3.8, 4) is 23.0 Å². The molecule has 1 aliphatic rings. The Labute approximate surface area is 368 Å². The number of rotatable bonds is 14. The Balaban J connectivity index is 0.000000246. The average Bonchev–Trinajstić information content (AvgIpc) is 3.26. The molecule has 0 radical (unpaired) electrons. The van der Waals surface area contributed by atoms with Gasteiger partial charge in [-0.1, -0.05) is 157 Å². The molecule has 0 spiro atoms. The molecular weight excluding hydrogens is 767 g/mol. The fraction of sp³-hybridized carbons (Fsp3) is 0.304. The van der Waals surface area contributed by atoms with Gasteiger partial charge in [0, 0.05) is 16.8 Å². The van der Waals surface area contributed by atoms with Gasteiger partial charge >= 0.3 is 11.9 Å². The largest absolute Gasteiger partial charge is 0.478 e. The van der Waals surface area contributed by atoms with Gasteiger partial charge in [-0.3, -0.25) is 4.79 Å². The summed E-state index contributed by atoms with van der Waals surface area (Å²) < 4.78 is 0. The van der Waals surface area contributed by atoms with Gasteiger partial charge in [0.1, 0.15) is 0 Å². The van der Waals surface area contributed by atoms with Gasteiger partial charge in [-0.05, 0) is 138 Å². The number of unbranched alkanes of at least 4 members (excludes halogenated alkanes) is 6. The molecule has 0 saturated heterocycles. The number of carboxylic acid groups (broad SMARTS) is 2. The summed E-state index contributed by atoms with van der Waals surface area (Å²) in [5, 5.41) is 21.1. The smallest absolute Gasteiger partial charge is 0.335 e. The normalized spacial score (nSPS) is 13.8. The molecule has 0 heterocycles. The quantitative estimate of drug-likeness (QED) is 0.0588. The minimum Gasteiger partial charge on any atom is -0.478 e. The van der Waals surface area contributed by atoms with Gasteiger partial charge in [-0.15, -0.1) is 0 Å². The number of carbonyl (C=O) groups excluding carboxylic acids is 1. The molecule has 0 saturated carbocycles. The summed E-state index contributed by atoms with van der Waals surface area (Å²) in [7, 11) is 0. The number of carboxylic acids is 2. The second-order valence-electron chi connectivity index (χ2n) is 17.5. The second kappa shape index (κ2) is 21.9. The molecule has 0 atom stereocenters. The molecule has 5 aromatic rings. The summed E-state index contributed by atoms with van der Waals surface area (Å²) in [6, 6.07) is 36.1. The molecule has 320 valence electrons. The summed E-state index contributed by atoms with van der Waals surface area (Å²) in [6.45, 7) is 13.5. The number of aryl methyl sites for hydroxylation is 1. The third-order valence-electron chi connectivity index (χ3n) is 11.7. The van der Waals surface area contributed by atoms with Crippen LogP contribution in [-0.4, -0.2) is 28.1 Å². The van der Waals surface area contributed by atoms with Crippen LogP contribution in [0, 0.1) is 18.8 Å². The maximum absolute atomic E-state index is 13.5. The number of fused-ring (bicyclic) bond motifs is 1. The summed E-state index contributed by atoms with van der Waals surface area (Å²) in [6.07, 6.45) is 16.3. The highest BCUT2D eigenvalue weighted by molar-refractivity contribution is 6.25. The summed E-state index contributed by atoms with van der Waals surface area (Å²) in [5.74, 6) is 3.96. The zero-order valence-corrected chi connectivity index (χ0v) is 37.2. The van der Waals surface area contributed by atoms with E-state index >= 15 is 0 Å². The van der Waals surface area contributed by atoms with E-state index in [9.17, 15) is 14.4 Å². The fourth-order valence-electron chi connectivity index (χ4n) is 7.75. The molecular formula is C56H61NO5. The topological polar surface area (TPSA) is 104 Å². The fourth-order valence-corrected chi connectivity index (χ4v) is 7.75. The van der Waals surface area contributed by atoms with Gasteiger partial charge in [0.05, 0.1) is 11.1 Å². The van der Waals surface area contributed by atoms with E-state index in [2.05, 4.69) is 119 Å². The number of carbonyl (C=O) groups is 3. The van der Waals surface area contributed by atoms with E-state index in [0.29, 0.717) is 11.3 Å². The molecule has 0 bridgehead atoms. The van der Waals surface area contributed by atoms with E-state index in [1.54, 1.807) is 36.4 Å². The van der Waals surface area contributed by atoms with Crippen molar-refractivity contribution in [2.24, 2.45) is 0 Å². The van der Waals surface area contributed by atoms with Crippen LogP contribution in [0.15, 0.2) is 127 Å². The number of hydrogen-bond acceptors (Lipinski definition) is 3. The molecule has 6 rings (SSSR count). The van der Waals surface area contributed by atoms with E-state index in [-0.39, 0.29) is 27.9 Å². The minimum atomic E-state index is -0.980. The first-order valence-corrected chi connectivity index (χ1v) is 21.9. The van der Waals surface area contributed by atoms with Crippen molar-refractivity contribution < 1.29 is 24.6 Å². The molecule has 3 N–H and O–H groups in total. The maximum Gasteiger partial charge on any atom is 0.335 e. The lowest BCUT2D eigenvalue weighted by atomic mass is 9.63. The van der Waals surface area contributed by atoms with E-state index in [1.807, 2.05) is 24.3 Å². The number of anilines is 1. The predicted octanol–water partition coefficient (Wildman–Crippen LogP) is 13.9. The lowest BCUT2D eigenvalue weighted by Gasteiger charge is -2.42. The Bertz CT molecular complexity index is 2440. The van der Waals surface area contributed by atoms with Gasteiger partial charge in [0.15, 0.2) is 0 Å². The third-order valence-corrected chi connectivity index (χ3v) is 11.7. The first-order valence-electron chi connectivity index (χ1n) is 21.9. The van der Waals surface area contributed by atoms with Gasteiger partial charge in [-0.2, -0.15) is 0 Å². The minimum absolute atomic E-state index is 0.0639. The predicted molar refractivity (Wildman–Crippen MR) is 256 cm³/mol. The number of benzene rings is 5. The molecule has 0 aromatic heterocycles. The van der Waals surface area contributed by atoms with Crippen LogP contribution in [0.25, 0.3) is 22.8 Å². The number of allylic oxidation sites excluding steroid dienone is 2. The zero-order valence-electron chi connectivity index (χ0n) is 37.2. The lowest BCUT2D eigenvalue weighted by molar-refractivity contribution is -0.111. The SMILES string of the molecule is CCCCCCCC/C=C(\C(=O)Nc1ccc(C(=O)O)cc1)c1ccc2c(c1)C(C)(C)CCC2(C)C.Cc1ccc(-c2ccccc2C=CC#Cc2ccc(C(=O)O)cc2)cc1. The summed E-state index contributed by atoms with van der Waals surface area (Å²) >= 11 is 0. The van der Waals surface area contributed by atoms with Gasteiger partial charge in [0.2, 0.25) is 0 Å². The van der Waals surface area contributed by atoms with Crippen molar-refractivity contribution in [2.75, 3.05) is 5.32 Å². The molecule has 0 fully saturated rings. The molecule has 5 aromatic carbocycles. The number of nitrogens with one attached hydrogen (secondary N) is 1. The summed E-state index contributed by atoms with van der Waals surface area (Å²) in [4.78, 5) is 35.5. The van der Waals surface area contributed by atoms with Gasteiger partial charge in [0.25, 0.3) is 5.91 Å². The zero-order chi connectivity index (χ0) is 44.7. The average molecular weight is 828 g/mol. The van der Waals surface area contributed by atoms with Crippen LogP contribution in [0.5, 0.6) is 0 Å². The van der Waals surface area contributed by atoms with Crippen molar-refractivity contribution in [3.05, 3.63) is 172 Å². The molecule has 1 amide bonds. The van der Waals surface area contributed by atoms with Crippen molar-refractivity contribution >= 4 is 35.2 Å². The Morgan fingerprint density at radius 2 is 1.26 bits per heavy atom. The highest BCUT2D eigenvalue weighted by atomic mass is 16.4. The number of amides is 1. The first-order chi connectivity index (χ1) is 29.7. The van der Waals surface area contributed by atoms with Gasteiger partial charge < -0.3 is 15.5 Å². The van der Waals surface area contributed by atoms with Crippen molar-refractivity contribution in [1.82, 2.24) is 0 Å². The monoisotopic (exact) mass is 827 g/mol. The van der Waals surface area contributed by atoms with Crippen LogP contribution in [0.1, 0.15) is 147 Å². The third kappa shape index (κ3) is 13.0. The van der Waals surface area contributed by atoms with E-state index in [4.69, 9.17) is 10.2 Å². The standard InChI is InChI=1S/C32H43NO3.C24H18O2/c1-6-7-8-9-10-11-12-13-26(29(34)33-25-17-14-23(15-18-25)30(35)36)24-16-19-27-28(22-24)32(4,5)21-20-31(27,2)3;1-18-10-14-21(15-11-18)23-9-5-4-8-20(23)7-3-2-6-19-12-16-22(17-13-19)24(25)26/h13-19,22H,6-12,20-21H2,1-5H3,(H,33,34)(H,35,36);3-5,7-17H,1H3,(H,25,26)/b26-13-;. The van der Waals surface area contributed by atoms with Crippen LogP contribution in [0.3, 0.4) is 0 Å². The summed E-state index contributed by atoms with van der Waals surface area (Å²) in [5.41, 5.74) is 11.1. The first kappa shape index (κ1) is 46.6. The lowest BCUT2D eigenvalue weighted by Crippen LogP contribution is -2.34. The number of aromatic carboxylic acids is 2.